The van der Waals surface area contributed by atoms with Crippen molar-refractivity contribution in [1.29, 1.82) is 0 Å². The van der Waals surface area contributed by atoms with E-state index in [0.717, 1.165) is 124 Å². The number of aryl methyl sites for hydroxylation is 8. The van der Waals surface area contributed by atoms with E-state index in [1.807, 2.05) is 71.9 Å². The molecule has 4 aromatic carbocycles. The van der Waals surface area contributed by atoms with Crippen LogP contribution >= 0.6 is 46.4 Å². The van der Waals surface area contributed by atoms with Gasteiger partial charge in [0.2, 0.25) is 41.2 Å². The molecule has 0 saturated heterocycles. The van der Waals surface area contributed by atoms with Crippen LogP contribution in [-0.4, -0.2) is 178 Å². The zero-order valence-corrected chi connectivity index (χ0v) is 76.6. The van der Waals surface area contributed by atoms with Gasteiger partial charge in [0.15, 0.2) is 22.6 Å². The predicted octanol–water partition coefficient (Wildman–Crippen LogP) is 14.0. The fourth-order valence-electron chi connectivity index (χ4n) is 12.4. The highest BCUT2D eigenvalue weighted by atomic mass is 35.5. The van der Waals surface area contributed by atoms with Crippen LogP contribution in [0.1, 0.15) is 110 Å². The number of alkyl carbamates (subject to hydrolysis) is 4. The minimum absolute atomic E-state index is 0.0377. The Morgan fingerprint density at radius 3 is 1.02 bits per heavy atom. The molecule has 128 heavy (non-hydrogen) atoms. The standard InChI is InChI=1S/C24H25ClN6O4S.C22H29ClN6O4S.C19H23ClN6O4S.C18H21ClN6O2/c1-17-21-22(29-23(25)28-17)31(16-27-21)13-5-6-14-35-24(32)26-15-18-9-11-19(12-10-18)30-36(33,34)20-7-3-2-4-8-20;1-15(2)13-34(31,32)28-18-8-6-17(7-9-18)12-24-22(30)33-11-5-4-10-29-14-25-19-16(3)26-21(23)27-20(19)29;1-13-16-17(24-18(20)23-13)26(12-22-16)9-3-4-10-30-19(27)21-11-14-5-7-15(8-6-14)25-31(2,28)29;1-13-15-16(24-17(19)23-13)25(12-22-15)10-2-3-11-27-18(26)21-9-6-14-4-7-20-8-5-14/h2-4,7-12,16,30H,5-6,13-15H2,1H3,(H,26,32);6-9,14-15,28H,4-5,10-13H2,1-3H3,(H,24,30);5-8,12,25H,3-4,9-11H2,1-2H3,(H,21,27);4-5,7-8,12H,2-3,6,9-11H2,1H3,(H,21,26). The van der Waals surface area contributed by atoms with E-state index in [2.05, 4.69) is 100 Å². The Balaban J connectivity index is 0.000000179. The maximum absolute atomic E-state index is 12.4. The molecule has 0 aliphatic carbocycles. The van der Waals surface area contributed by atoms with Gasteiger partial charge >= 0.3 is 24.4 Å². The summed E-state index contributed by atoms with van der Waals surface area (Å²) in [6.45, 7) is 16.3. The second kappa shape index (κ2) is 48.0. The van der Waals surface area contributed by atoms with Crippen molar-refractivity contribution < 1.29 is 63.4 Å². The van der Waals surface area contributed by atoms with E-state index in [0.29, 0.717) is 86.1 Å². The van der Waals surface area contributed by atoms with Gasteiger partial charge < -0.3 is 58.5 Å². The van der Waals surface area contributed by atoms with Crippen LogP contribution in [0.4, 0.5) is 36.2 Å². The van der Waals surface area contributed by atoms with E-state index in [1.165, 1.54) is 12.1 Å². The molecule has 0 saturated carbocycles. The van der Waals surface area contributed by atoms with E-state index in [1.54, 1.807) is 129 Å². The number of aromatic nitrogens is 17. The number of pyridine rings is 1. The summed E-state index contributed by atoms with van der Waals surface area (Å²) in [5.41, 5.74) is 13.6. The normalized spacial score (nSPS) is 11.4. The molecule has 4 amide bonds. The molecule has 0 spiro atoms. The minimum atomic E-state index is -3.65. The molecule has 13 aromatic rings. The Bertz CT molecular complexity index is 6230. The molecule has 0 unspecified atom stereocenters. The van der Waals surface area contributed by atoms with Gasteiger partial charge in [-0.1, -0.05) is 68.4 Å². The molecule has 0 atom stereocenters. The lowest BCUT2D eigenvalue weighted by molar-refractivity contribution is 0.142. The molecule has 0 aliphatic heterocycles. The van der Waals surface area contributed by atoms with Crippen LogP contribution in [-0.2, 0) is 101 Å². The number of carbonyl (C=O) groups excluding carboxylic acids is 4. The van der Waals surface area contributed by atoms with Gasteiger partial charge in [-0.2, -0.15) is 19.9 Å². The quantitative estimate of drug-likeness (QED) is 0.0107. The average Bonchev–Trinajstić information content (AvgIpc) is 1.68. The van der Waals surface area contributed by atoms with E-state index < -0.39 is 54.4 Å². The van der Waals surface area contributed by atoms with Gasteiger partial charge in [-0.3, -0.25) is 19.2 Å². The van der Waals surface area contributed by atoms with Gasteiger partial charge in [0.25, 0.3) is 10.0 Å². The highest BCUT2D eigenvalue weighted by Crippen LogP contribution is 2.24. The Kier molecular flexibility index (Phi) is 36.8. The summed E-state index contributed by atoms with van der Waals surface area (Å²) in [6.07, 6.45) is 16.1. The van der Waals surface area contributed by atoms with Crippen LogP contribution in [0.25, 0.3) is 44.7 Å². The number of anilines is 3. The van der Waals surface area contributed by atoms with E-state index in [9.17, 15) is 44.4 Å². The minimum Gasteiger partial charge on any atom is -0.450 e. The zero-order chi connectivity index (χ0) is 91.8. The summed E-state index contributed by atoms with van der Waals surface area (Å²) < 4.78 is 107. The summed E-state index contributed by atoms with van der Waals surface area (Å²) in [5.74, 6) is 0.0967. The first-order valence-electron chi connectivity index (χ1n) is 40.5. The third-order valence-corrected chi connectivity index (χ3v) is 22.9. The number of ether oxygens (including phenoxy) is 4. The van der Waals surface area contributed by atoms with E-state index in [-0.39, 0.29) is 77.2 Å². The molecule has 38 nitrogen and oxygen atoms in total. The number of nitrogens with one attached hydrogen (secondary N) is 7. The SMILES string of the molecule is Cc1nc(Cl)nc2c1ncn2CCCCOC(=O)NCCc1ccncc1.Cc1nc(Cl)nc2c1ncn2CCCCOC(=O)NCc1ccc(NS(=O)(=O)CC(C)C)cc1.Cc1nc(Cl)nc2c1ncn2CCCCOC(=O)NCc1ccc(NS(=O)(=O)c2ccccc2)cc1.Cc1nc(Cl)nc2c1ncn2CCCCOC(=O)NCc1ccc(NS(C)(=O)=O)cc1. The monoisotopic (exact) mass is 1890 g/mol. The number of halogens is 4. The van der Waals surface area contributed by atoms with Gasteiger partial charge in [0.05, 0.1) is 91.4 Å². The number of rotatable bonds is 38. The number of hydrogen-bond acceptors (Lipinski definition) is 27. The number of imidazole rings is 4. The Labute approximate surface area is 759 Å². The van der Waals surface area contributed by atoms with Crippen molar-refractivity contribution in [1.82, 2.24) is 104 Å². The summed E-state index contributed by atoms with van der Waals surface area (Å²) in [7, 11) is -10.3. The Morgan fingerprint density at radius 1 is 0.383 bits per heavy atom. The molecule has 45 heteroatoms. The number of amides is 4. The highest BCUT2D eigenvalue weighted by molar-refractivity contribution is 7.93. The number of carbonyl (C=O) groups is 4. The van der Waals surface area contributed by atoms with Crippen molar-refractivity contribution >= 4 is 163 Å². The second-order valence-electron chi connectivity index (χ2n) is 29.4. The molecule has 0 radical (unpaired) electrons. The lowest BCUT2D eigenvalue weighted by atomic mass is 10.2. The molecular formula is C83H98Cl4N24O14S3. The van der Waals surface area contributed by atoms with Gasteiger partial charge in [-0.15, -0.1) is 0 Å². The number of benzene rings is 4. The summed E-state index contributed by atoms with van der Waals surface area (Å²) >= 11 is 23.7. The molecule has 0 aliphatic rings. The second-order valence-corrected chi connectivity index (χ2v) is 35.9. The van der Waals surface area contributed by atoms with Crippen molar-refractivity contribution in [2.75, 3.05) is 59.1 Å². The molecule has 9 aromatic heterocycles. The Morgan fingerprint density at radius 2 is 0.695 bits per heavy atom. The number of unbranched alkanes of at least 4 members (excludes halogenated alkanes) is 4. The number of nitrogens with zero attached hydrogens (tertiary/aromatic N) is 17. The van der Waals surface area contributed by atoms with Crippen LogP contribution in [0.15, 0.2) is 158 Å². The van der Waals surface area contributed by atoms with Crippen LogP contribution in [0.5, 0.6) is 0 Å². The molecular weight excluding hydrogens is 1800 g/mol. The van der Waals surface area contributed by atoms with Crippen molar-refractivity contribution in [3.8, 4) is 0 Å². The van der Waals surface area contributed by atoms with Gasteiger partial charge in [0.1, 0.15) is 22.1 Å². The molecule has 680 valence electrons. The first-order valence-corrected chi connectivity index (χ1v) is 47.1. The van der Waals surface area contributed by atoms with Gasteiger partial charge in [-0.05, 0) is 221 Å². The maximum atomic E-state index is 12.4. The van der Waals surface area contributed by atoms with Crippen molar-refractivity contribution in [2.45, 2.75) is 150 Å². The van der Waals surface area contributed by atoms with E-state index in [4.69, 9.17) is 65.4 Å². The van der Waals surface area contributed by atoms with Crippen molar-refractivity contribution in [3.63, 3.8) is 0 Å². The van der Waals surface area contributed by atoms with Gasteiger partial charge in [0, 0.05) is 81.8 Å². The topological polar surface area (TPSA) is 479 Å². The smallest absolute Gasteiger partial charge is 0.407 e. The number of fused-ring (bicyclic) bond motifs is 4. The zero-order valence-electron chi connectivity index (χ0n) is 71.1. The summed E-state index contributed by atoms with van der Waals surface area (Å²) in [6, 6.07) is 32.3. The van der Waals surface area contributed by atoms with Crippen LogP contribution in [0, 0.1) is 33.6 Å². The lowest BCUT2D eigenvalue weighted by Gasteiger charge is -2.11. The molecule has 0 fully saturated rings. The molecule has 9 heterocycles. The number of hydrogen-bond donors (Lipinski definition) is 7. The average molecular weight is 1890 g/mol. The highest BCUT2D eigenvalue weighted by Gasteiger charge is 2.19. The predicted molar refractivity (Wildman–Crippen MR) is 486 cm³/mol. The van der Waals surface area contributed by atoms with Crippen LogP contribution < -0.4 is 35.4 Å². The third-order valence-electron chi connectivity index (χ3n) is 18.6. The largest absolute Gasteiger partial charge is 0.450 e. The fraction of sp³-hybridized carbons (Fsp3) is 0.361. The maximum Gasteiger partial charge on any atom is 0.407 e. The number of sulfonamides is 3. The Hall–Kier alpha value is -12.3. The summed E-state index contributed by atoms with van der Waals surface area (Å²) in [4.78, 5) is 102. The molecule has 13 rings (SSSR count). The van der Waals surface area contributed by atoms with Crippen molar-refractivity contribution in [3.05, 3.63) is 219 Å². The van der Waals surface area contributed by atoms with E-state index >= 15 is 0 Å². The van der Waals surface area contributed by atoms with Gasteiger partial charge in [-0.25, -0.2) is 84.3 Å². The fourth-order valence-corrected chi connectivity index (χ4v) is 16.3. The first kappa shape index (κ1) is 97.9. The molecule has 0 bridgehead atoms. The van der Waals surface area contributed by atoms with Crippen LogP contribution in [0.3, 0.4) is 0 Å². The van der Waals surface area contributed by atoms with Crippen LogP contribution in [0.2, 0.25) is 21.1 Å². The summed E-state index contributed by atoms with van der Waals surface area (Å²) in [5, 5.41) is 11.6. The lowest BCUT2D eigenvalue weighted by Crippen LogP contribution is -2.26. The third kappa shape index (κ3) is 31.9. The molecule has 7 N–H and O–H groups in total. The first-order chi connectivity index (χ1) is 61.3. The van der Waals surface area contributed by atoms with Crippen molar-refractivity contribution in [2.24, 2.45) is 5.92 Å².